The zero-order valence-corrected chi connectivity index (χ0v) is 16.3. The molecule has 0 unspecified atom stereocenters. The number of carbonyl (C=O) groups excluding carboxylic acids is 3. The van der Waals surface area contributed by atoms with Crippen molar-refractivity contribution in [1.29, 1.82) is 0 Å². The van der Waals surface area contributed by atoms with E-state index in [-0.39, 0.29) is 27.3 Å². The Balaban J connectivity index is 1.87. The normalized spacial score (nSPS) is 10.3. The fourth-order valence-corrected chi connectivity index (χ4v) is 2.95. The molecule has 5 nitrogen and oxygen atoms in total. The number of aryl methyl sites for hydroxylation is 1. The van der Waals surface area contributed by atoms with Crippen LogP contribution in [0.25, 0.3) is 0 Å². The number of rotatable bonds is 8. The van der Waals surface area contributed by atoms with Crippen molar-refractivity contribution in [1.82, 2.24) is 5.32 Å². The summed E-state index contributed by atoms with van der Waals surface area (Å²) in [5.74, 6) is -1.12. The van der Waals surface area contributed by atoms with Crippen molar-refractivity contribution in [2.45, 2.75) is 19.8 Å². The van der Waals surface area contributed by atoms with Gasteiger partial charge in [0, 0.05) is 19.0 Å². The fraction of sp³-hybridized carbons (Fsp3) is 0.250. The molecular formula is C20H19Cl2NO4. The van der Waals surface area contributed by atoms with Gasteiger partial charge in [-0.05, 0) is 30.5 Å². The zero-order valence-electron chi connectivity index (χ0n) is 14.8. The van der Waals surface area contributed by atoms with Gasteiger partial charge in [0.25, 0.3) is 0 Å². The Bertz CT molecular complexity index is 814. The second-order valence-corrected chi connectivity index (χ2v) is 6.69. The van der Waals surface area contributed by atoms with Crippen LogP contribution in [0.3, 0.4) is 0 Å². The first kappa shape index (κ1) is 20.9. The molecule has 0 atom stereocenters. The number of amides is 1. The lowest BCUT2D eigenvalue weighted by molar-refractivity contribution is -0.118. The third-order valence-electron chi connectivity index (χ3n) is 3.79. The summed E-state index contributed by atoms with van der Waals surface area (Å²) in [4.78, 5) is 35.1. The second kappa shape index (κ2) is 10.1. The van der Waals surface area contributed by atoms with E-state index in [0.29, 0.717) is 12.1 Å². The maximum Gasteiger partial charge on any atom is 0.341 e. The molecule has 27 heavy (non-hydrogen) atoms. The Morgan fingerprint density at radius 1 is 1.00 bits per heavy atom. The molecule has 0 heterocycles. The molecule has 0 aliphatic carbocycles. The van der Waals surface area contributed by atoms with Crippen LogP contribution in [0, 0.1) is 0 Å². The summed E-state index contributed by atoms with van der Waals surface area (Å²) in [6, 6.07) is 11.7. The van der Waals surface area contributed by atoms with Gasteiger partial charge in [-0.1, -0.05) is 53.5 Å². The van der Waals surface area contributed by atoms with Gasteiger partial charge >= 0.3 is 5.97 Å². The molecule has 2 aromatic rings. The summed E-state index contributed by atoms with van der Waals surface area (Å²) < 4.78 is 5.04. The predicted molar refractivity (Wildman–Crippen MR) is 105 cm³/mol. The van der Waals surface area contributed by atoms with Crippen LogP contribution in [0.15, 0.2) is 42.5 Å². The minimum absolute atomic E-state index is 0.0446. The van der Waals surface area contributed by atoms with Crippen LogP contribution in [0.1, 0.15) is 39.6 Å². The number of halogens is 2. The summed E-state index contributed by atoms with van der Waals surface area (Å²) in [6.45, 7) is 1.69. The molecule has 142 valence electrons. The molecule has 0 aliphatic heterocycles. The highest BCUT2D eigenvalue weighted by atomic mass is 35.5. The molecule has 0 spiro atoms. The number of hydrogen-bond donors (Lipinski definition) is 1. The van der Waals surface area contributed by atoms with Gasteiger partial charge in [-0.15, -0.1) is 0 Å². The van der Waals surface area contributed by atoms with Crippen molar-refractivity contribution in [3.05, 3.63) is 69.2 Å². The van der Waals surface area contributed by atoms with Gasteiger partial charge in [0.1, 0.15) is 0 Å². The first-order valence-electron chi connectivity index (χ1n) is 8.36. The Hall–Kier alpha value is -2.37. The van der Waals surface area contributed by atoms with Crippen LogP contribution in [0.4, 0.5) is 0 Å². The Kier molecular flexibility index (Phi) is 7.82. The Labute approximate surface area is 167 Å². The zero-order chi connectivity index (χ0) is 19.8. The Morgan fingerprint density at radius 3 is 2.22 bits per heavy atom. The van der Waals surface area contributed by atoms with Gasteiger partial charge < -0.3 is 10.1 Å². The molecule has 2 aromatic carbocycles. The molecule has 1 amide bonds. The summed E-state index contributed by atoms with van der Waals surface area (Å²) >= 11 is 11.9. The van der Waals surface area contributed by atoms with Crippen LogP contribution in [0.5, 0.6) is 0 Å². The van der Waals surface area contributed by atoms with Crippen LogP contribution < -0.4 is 5.32 Å². The van der Waals surface area contributed by atoms with E-state index in [4.69, 9.17) is 27.9 Å². The number of Topliss-reactive ketones (excluding diaryl/α,β-unsaturated/α-hetero) is 1. The maximum atomic E-state index is 12.2. The lowest BCUT2D eigenvalue weighted by atomic mass is 10.1. The minimum atomic E-state index is -0.742. The number of benzene rings is 2. The van der Waals surface area contributed by atoms with Crippen LogP contribution in [-0.4, -0.2) is 30.8 Å². The summed E-state index contributed by atoms with van der Waals surface area (Å²) in [7, 11) is 0. The number of hydrogen-bond acceptors (Lipinski definition) is 4. The second-order valence-electron chi connectivity index (χ2n) is 5.88. The summed E-state index contributed by atoms with van der Waals surface area (Å²) in [5, 5.41) is 3.07. The van der Waals surface area contributed by atoms with E-state index in [1.54, 1.807) is 18.2 Å². The molecule has 0 saturated carbocycles. The number of nitrogens with one attached hydrogen (secondary N) is 1. The lowest BCUT2D eigenvalue weighted by Crippen LogP contribution is -2.21. The van der Waals surface area contributed by atoms with E-state index in [2.05, 4.69) is 5.32 Å². The van der Waals surface area contributed by atoms with E-state index < -0.39 is 12.6 Å². The maximum absolute atomic E-state index is 12.2. The van der Waals surface area contributed by atoms with Gasteiger partial charge in [-0.25, -0.2) is 4.79 Å². The van der Waals surface area contributed by atoms with Crippen molar-refractivity contribution in [3.63, 3.8) is 0 Å². The van der Waals surface area contributed by atoms with E-state index in [1.165, 1.54) is 19.1 Å². The monoisotopic (exact) mass is 407 g/mol. The van der Waals surface area contributed by atoms with Gasteiger partial charge in [-0.3, -0.25) is 9.59 Å². The van der Waals surface area contributed by atoms with Gasteiger partial charge in [0.05, 0.1) is 15.6 Å². The SMILES string of the molecule is CC(=O)NCCCc1ccc(C(=O)COC(=O)c2c(Cl)cccc2Cl)cc1. The molecule has 0 radical (unpaired) electrons. The van der Waals surface area contributed by atoms with E-state index in [0.717, 1.165) is 18.4 Å². The average Bonchev–Trinajstić information content (AvgIpc) is 2.63. The molecule has 0 bridgehead atoms. The van der Waals surface area contributed by atoms with Crippen molar-refractivity contribution in [2.24, 2.45) is 0 Å². The highest BCUT2D eigenvalue weighted by molar-refractivity contribution is 6.39. The molecule has 0 aliphatic rings. The van der Waals surface area contributed by atoms with Crippen LogP contribution >= 0.6 is 23.2 Å². The number of esters is 1. The third-order valence-corrected chi connectivity index (χ3v) is 4.42. The first-order valence-corrected chi connectivity index (χ1v) is 9.12. The number of carbonyl (C=O) groups is 3. The smallest absolute Gasteiger partial charge is 0.341 e. The fourth-order valence-electron chi connectivity index (χ4n) is 2.39. The van der Waals surface area contributed by atoms with E-state index in [1.807, 2.05) is 12.1 Å². The molecular weight excluding hydrogens is 389 g/mol. The molecule has 0 saturated heterocycles. The van der Waals surface area contributed by atoms with E-state index >= 15 is 0 Å². The highest BCUT2D eigenvalue weighted by Crippen LogP contribution is 2.25. The van der Waals surface area contributed by atoms with Crippen LogP contribution in [0.2, 0.25) is 10.0 Å². The van der Waals surface area contributed by atoms with Crippen molar-refractivity contribution in [2.75, 3.05) is 13.2 Å². The van der Waals surface area contributed by atoms with E-state index in [9.17, 15) is 14.4 Å². The molecule has 2 rings (SSSR count). The summed E-state index contributed by atoms with van der Waals surface area (Å²) in [6.07, 6.45) is 1.60. The Morgan fingerprint density at radius 2 is 1.63 bits per heavy atom. The lowest BCUT2D eigenvalue weighted by Gasteiger charge is -2.08. The topological polar surface area (TPSA) is 72.5 Å². The number of ether oxygens (including phenoxy) is 1. The van der Waals surface area contributed by atoms with Gasteiger partial charge in [0.15, 0.2) is 12.4 Å². The average molecular weight is 408 g/mol. The van der Waals surface area contributed by atoms with Crippen LogP contribution in [-0.2, 0) is 16.0 Å². The largest absolute Gasteiger partial charge is 0.454 e. The molecule has 7 heteroatoms. The van der Waals surface area contributed by atoms with Gasteiger partial charge in [0.2, 0.25) is 5.91 Å². The summed E-state index contributed by atoms with van der Waals surface area (Å²) in [5.41, 5.74) is 1.54. The standard InChI is InChI=1S/C20H19Cl2NO4/c1-13(24)23-11-3-4-14-7-9-15(10-8-14)18(25)12-27-20(26)19-16(21)5-2-6-17(19)22/h2,5-10H,3-4,11-12H2,1H3,(H,23,24). The first-order chi connectivity index (χ1) is 12.9. The highest BCUT2D eigenvalue weighted by Gasteiger charge is 2.17. The predicted octanol–water partition coefficient (Wildman–Crippen LogP) is 4.10. The van der Waals surface area contributed by atoms with Crippen molar-refractivity contribution >= 4 is 40.9 Å². The number of ketones is 1. The third kappa shape index (κ3) is 6.38. The molecule has 0 aromatic heterocycles. The quantitative estimate of drug-likeness (QED) is 0.406. The molecule has 1 N–H and O–H groups in total. The molecule has 0 fully saturated rings. The van der Waals surface area contributed by atoms with Crippen molar-refractivity contribution in [3.8, 4) is 0 Å². The van der Waals surface area contributed by atoms with Gasteiger partial charge in [-0.2, -0.15) is 0 Å². The minimum Gasteiger partial charge on any atom is -0.454 e. The van der Waals surface area contributed by atoms with Crippen molar-refractivity contribution < 1.29 is 19.1 Å².